The predicted octanol–water partition coefficient (Wildman–Crippen LogP) is 2.42. The lowest BCUT2D eigenvalue weighted by atomic mass is 10.1. The molecular formula is C19H24N4O2. The molecule has 1 aromatic carbocycles. The SMILES string of the molecule is CNCC(=O)N1CC[C@H](c2nc(C)cc(Oc3ccccc3C)n2)C1. The maximum atomic E-state index is 12.0. The topological polar surface area (TPSA) is 67.4 Å². The summed E-state index contributed by atoms with van der Waals surface area (Å²) >= 11 is 0. The van der Waals surface area contributed by atoms with Gasteiger partial charge in [-0.25, -0.2) is 4.98 Å². The van der Waals surface area contributed by atoms with Crippen LogP contribution in [0.5, 0.6) is 11.6 Å². The lowest BCUT2D eigenvalue weighted by Crippen LogP contribution is -2.35. The number of amides is 1. The number of ether oxygens (including phenoxy) is 1. The number of rotatable bonds is 5. The van der Waals surface area contributed by atoms with Crippen LogP contribution in [-0.2, 0) is 4.79 Å². The second-order valence-corrected chi connectivity index (χ2v) is 6.43. The lowest BCUT2D eigenvalue weighted by molar-refractivity contribution is -0.129. The minimum Gasteiger partial charge on any atom is -0.439 e. The number of likely N-dealkylation sites (tertiary alicyclic amines) is 1. The monoisotopic (exact) mass is 340 g/mol. The quantitative estimate of drug-likeness (QED) is 0.905. The Balaban J connectivity index is 1.76. The maximum absolute atomic E-state index is 12.0. The molecule has 6 heteroatoms. The van der Waals surface area contributed by atoms with Crippen LogP contribution in [0.2, 0.25) is 0 Å². The third-order valence-corrected chi connectivity index (χ3v) is 4.39. The molecule has 0 radical (unpaired) electrons. The number of aromatic nitrogens is 2. The molecule has 0 bridgehead atoms. The average molecular weight is 340 g/mol. The first kappa shape index (κ1) is 17.4. The summed E-state index contributed by atoms with van der Waals surface area (Å²) in [5, 5.41) is 2.91. The Labute approximate surface area is 148 Å². The van der Waals surface area contributed by atoms with E-state index in [4.69, 9.17) is 4.74 Å². The molecule has 1 aromatic heterocycles. The van der Waals surface area contributed by atoms with Crippen LogP contribution in [0.25, 0.3) is 0 Å². The number of nitrogens with zero attached hydrogens (tertiary/aromatic N) is 3. The summed E-state index contributed by atoms with van der Waals surface area (Å²) in [6, 6.07) is 9.70. The highest BCUT2D eigenvalue weighted by Gasteiger charge is 2.29. The molecule has 0 spiro atoms. The second kappa shape index (κ2) is 7.61. The summed E-state index contributed by atoms with van der Waals surface area (Å²) in [4.78, 5) is 23.1. The highest BCUT2D eigenvalue weighted by atomic mass is 16.5. The number of hydrogen-bond donors (Lipinski definition) is 1. The van der Waals surface area contributed by atoms with Gasteiger partial charge in [0.05, 0.1) is 6.54 Å². The number of carbonyl (C=O) groups is 1. The van der Waals surface area contributed by atoms with E-state index in [0.717, 1.165) is 35.8 Å². The first-order valence-corrected chi connectivity index (χ1v) is 8.58. The number of benzene rings is 1. The molecule has 6 nitrogen and oxygen atoms in total. The average Bonchev–Trinajstić information content (AvgIpc) is 3.07. The number of para-hydroxylation sites is 1. The van der Waals surface area contributed by atoms with Crippen molar-refractivity contribution in [3.8, 4) is 11.6 Å². The molecule has 3 rings (SSSR count). The molecule has 1 aliphatic rings. The van der Waals surface area contributed by atoms with Gasteiger partial charge in [0.1, 0.15) is 11.6 Å². The fraction of sp³-hybridized carbons (Fsp3) is 0.421. The standard InChI is InChI=1S/C19H24N4O2/c1-13-6-4-5-7-16(13)25-17-10-14(2)21-19(22-17)15-8-9-23(12-15)18(24)11-20-3/h4-7,10,15,20H,8-9,11-12H2,1-3H3/t15-/m0/s1. The van der Waals surface area contributed by atoms with Gasteiger partial charge >= 0.3 is 0 Å². The summed E-state index contributed by atoms with van der Waals surface area (Å²) in [5.41, 5.74) is 1.93. The van der Waals surface area contributed by atoms with E-state index >= 15 is 0 Å². The van der Waals surface area contributed by atoms with Gasteiger partial charge in [0.25, 0.3) is 0 Å². The largest absolute Gasteiger partial charge is 0.439 e. The van der Waals surface area contributed by atoms with E-state index in [9.17, 15) is 4.79 Å². The zero-order valence-corrected chi connectivity index (χ0v) is 15.0. The van der Waals surface area contributed by atoms with Gasteiger partial charge in [-0.3, -0.25) is 4.79 Å². The summed E-state index contributed by atoms with van der Waals surface area (Å²) in [6.07, 6.45) is 0.878. The minimum atomic E-state index is 0.119. The Morgan fingerprint density at radius 3 is 2.88 bits per heavy atom. The third kappa shape index (κ3) is 4.14. The fourth-order valence-corrected chi connectivity index (χ4v) is 3.04. The zero-order valence-electron chi connectivity index (χ0n) is 15.0. The van der Waals surface area contributed by atoms with Crippen LogP contribution in [0.15, 0.2) is 30.3 Å². The van der Waals surface area contributed by atoms with Gasteiger partial charge in [0.15, 0.2) is 0 Å². The highest BCUT2D eigenvalue weighted by Crippen LogP contribution is 2.28. The summed E-state index contributed by atoms with van der Waals surface area (Å²) in [5.74, 6) is 2.37. The van der Waals surface area contributed by atoms with E-state index in [2.05, 4.69) is 15.3 Å². The molecule has 1 fully saturated rings. The molecule has 1 atom stereocenters. The van der Waals surface area contributed by atoms with E-state index in [1.54, 1.807) is 7.05 Å². The molecule has 0 unspecified atom stereocenters. The molecular weight excluding hydrogens is 316 g/mol. The van der Waals surface area contributed by atoms with Crippen molar-refractivity contribution in [2.75, 3.05) is 26.7 Å². The van der Waals surface area contributed by atoms with E-state index in [-0.39, 0.29) is 11.8 Å². The maximum Gasteiger partial charge on any atom is 0.236 e. The van der Waals surface area contributed by atoms with E-state index in [1.807, 2.05) is 49.1 Å². The Morgan fingerprint density at radius 1 is 1.32 bits per heavy atom. The molecule has 132 valence electrons. The van der Waals surface area contributed by atoms with Gasteiger partial charge in [-0.2, -0.15) is 4.98 Å². The first-order chi connectivity index (χ1) is 12.1. The predicted molar refractivity (Wildman–Crippen MR) is 95.9 cm³/mol. The van der Waals surface area contributed by atoms with Crippen molar-refractivity contribution in [2.45, 2.75) is 26.2 Å². The van der Waals surface area contributed by atoms with Crippen LogP contribution in [0.3, 0.4) is 0 Å². The van der Waals surface area contributed by atoms with Crippen molar-refractivity contribution < 1.29 is 9.53 Å². The van der Waals surface area contributed by atoms with Crippen molar-refractivity contribution in [1.82, 2.24) is 20.2 Å². The molecule has 1 N–H and O–H groups in total. The van der Waals surface area contributed by atoms with Crippen LogP contribution in [0.1, 0.15) is 29.4 Å². The van der Waals surface area contributed by atoms with Gasteiger partial charge in [-0.15, -0.1) is 0 Å². The van der Waals surface area contributed by atoms with E-state index < -0.39 is 0 Å². The lowest BCUT2D eigenvalue weighted by Gasteiger charge is -2.16. The van der Waals surface area contributed by atoms with Crippen molar-refractivity contribution in [1.29, 1.82) is 0 Å². The highest BCUT2D eigenvalue weighted by molar-refractivity contribution is 5.78. The summed E-state index contributed by atoms with van der Waals surface area (Å²) in [6.45, 7) is 5.72. The molecule has 0 saturated carbocycles. The van der Waals surface area contributed by atoms with Crippen LogP contribution < -0.4 is 10.1 Å². The minimum absolute atomic E-state index is 0.119. The van der Waals surface area contributed by atoms with Gasteiger partial charge < -0.3 is 15.0 Å². The number of carbonyl (C=O) groups excluding carboxylic acids is 1. The molecule has 2 heterocycles. The smallest absolute Gasteiger partial charge is 0.236 e. The first-order valence-electron chi connectivity index (χ1n) is 8.58. The van der Waals surface area contributed by atoms with Gasteiger partial charge in [0.2, 0.25) is 11.8 Å². The third-order valence-electron chi connectivity index (χ3n) is 4.39. The fourth-order valence-electron chi connectivity index (χ4n) is 3.04. The van der Waals surface area contributed by atoms with Crippen molar-refractivity contribution in [2.24, 2.45) is 0 Å². The number of likely N-dealkylation sites (N-methyl/N-ethyl adjacent to an activating group) is 1. The molecule has 1 saturated heterocycles. The van der Waals surface area contributed by atoms with Crippen LogP contribution >= 0.6 is 0 Å². The van der Waals surface area contributed by atoms with Crippen LogP contribution in [-0.4, -0.2) is 47.5 Å². The molecule has 25 heavy (non-hydrogen) atoms. The van der Waals surface area contributed by atoms with E-state index in [0.29, 0.717) is 19.0 Å². The van der Waals surface area contributed by atoms with Gasteiger partial charge in [-0.05, 0) is 38.9 Å². The van der Waals surface area contributed by atoms with Gasteiger partial charge in [0, 0.05) is 30.8 Å². The molecule has 2 aromatic rings. The second-order valence-electron chi connectivity index (χ2n) is 6.43. The van der Waals surface area contributed by atoms with Gasteiger partial charge in [-0.1, -0.05) is 18.2 Å². The number of nitrogens with one attached hydrogen (secondary N) is 1. The van der Waals surface area contributed by atoms with Crippen molar-refractivity contribution in [3.05, 3.63) is 47.4 Å². The van der Waals surface area contributed by atoms with E-state index in [1.165, 1.54) is 0 Å². The molecule has 0 aliphatic carbocycles. The number of aryl methyl sites for hydroxylation is 2. The summed E-state index contributed by atoms with van der Waals surface area (Å²) in [7, 11) is 1.78. The van der Waals surface area contributed by atoms with Crippen LogP contribution in [0.4, 0.5) is 0 Å². The Kier molecular flexibility index (Phi) is 5.28. The Hall–Kier alpha value is -2.47. The normalized spacial score (nSPS) is 16.9. The van der Waals surface area contributed by atoms with Crippen molar-refractivity contribution >= 4 is 5.91 Å². The Bertz CT molecular complexity index is 763. The molecule has 1 aliphatic heterocycles. The van der Waals surface area contributed by atoms with Crippen LogP contribution in [0, 0.1) is 13.8 Å². The molecule has 1 amide bonds. The van der Waals surface area contributed by atoms with Crippen molar-refractivity contribution in [3.63, 3.8) is 0 Å². The Morgan fingerprint density at radius 2 is 2.12 bits per heavy atom. The summed E-state index contributed by atoms with van der Waals surface area (Å²) < 4.78 is 5.96. The number of hydrogen-bond acceptors (Lipinski definition) is 5. The zero-order chi connectivity index (χ0) is 17.8.